The molecule has 0 radical (unpaired) electrons. The molecule has 3 aromatic rings. The summed E-state index contributed by atoms with van der Waals surface area (Å²) in [6.45, 7) is 0.0322. The molecule has 0 saturated heterocycles. The minimum absolute atomic E-state index is 0.0322. The Balaban J connectivity index is 1.61. The molecule has 0 unspecified atom stereocenters. The Kier molecular flexibility index (Phi) is 4.81. The number of para-hydroxylation sites is 1. The molecule has 6 nitrogen and oxygen atoms in total. The summed E-state index contributed by atoms with van der Waals surface area (Å²) < 4.78 is 0. The fourth-order valence-electron chi connectivity index (χ4n) is 2.45. The van der Waals surface area contributed by atoms with Gasteiger partial charge in [0.2, 0.25) is 5.91 Å². The molecule has 2 aromatic carbocycles. The van der Waals surface area contributed by atoms with Crippen molar-refractivity contribution in [1.29, 1.82) is 0 Å². The number of aromatic amines is 1. The molecule has 0 bridgehead atoms. The highest BCUT2D eigenvalue weighted by Gasteiger charge is 2.18. The summed E-state index contributed by atoms with van der Waals surface area (Å²) in [5.41, 5.74) is 7.36. The topological polar surface area (TPSA) is 105 Å². The predicted molar refractivity (Wildman–Crippen MR) is 97.5 cm³/mol. The number of primary amides is 1. The van der Waals surface area contributed by atoms with Gasteiger partial charge in [-0.2, -0.15) is 0 Å². The van der Waals surface area contributed by atoms with Crippen molar-refractivity contribution < 1.29 is 14.4 Å². The van der Waals surface area contributed by atoms with Crippen LogP contribution in [0.1, 0.15) is 26.3 Å². The van der Waals surface area contributed by atoms with E-state index in [1.165, 1.54) is 6.20 Å². The predicted octanol–water partition coefficient (Wildman–Crippen LogP) is 1.62. The van der Waals surface area contributed by atoms with Crippen LogP contribution in [-0.2, 0) is 4.79 Å². The number of carbonyl (C=O) groups is 3. The van der Waals surface area contributed by atoms with Crippen LogP contribution in [0.4, 0.5) is 0 Å². The molecule has 26 heavy (non-hydrogen) atoms. The second-order valence-electron chi connectivity index (χ2n) is 5.50. The van der Waals surface area contributed by atoms with E-state index in [-0.39, 0.29) is 6.54 Å². The zero-order valence-electron chi connectivity index (χ0n) is 13.7. The van der Waals surface area contributed by atoms with Gasteiger partial charge in [0.1, 0.15) is 0 Å². The lowest BCUT2D eigenvalue weighted by atomic mass is 10.1. The van der Waals surface area contributed by atoms with Gasteiger partial charge >= 0.3 is 0 Å². The molecule has 1 heterocycles. The van der Waals surface area contributed by atoms with Gasteiger partial charge in [-0.15, -0.1) is 0 Å². The number of hydrogen-bond donors (Lipinski definition) is 3. The summed E-state index contributed by atoms with van der Waals surface area (Å²) in [5, 5.41) is 3.19. The molecule has 0 atom stereocenters. The van der Waals surface area contributed by atoms with Gasteiger partial charge in [0.05, 0.1) is 12.1 Å². The first-order valence-electron chi connectivity index (χ1n) is 7.83. The largest absolute Gasteiger partial charge is 0.366 e. The molecule has 0 aliphatic rings. The fraction of sp³-hybridized carbons (Fsp3) is 0.0500. The number of carbonyl (C=O) groups excluding carboxylic acids is 3. The number of aromatic nitrogens is 1. The highest BCUT2D eigenvalue weighted by molar-refractivity contribution is 6.45. The van der Waals surface area contributed by atoms with Crippen LogP contribution in [0.15, 0.2) is 54.7 Å². The minimum Gasteiger partial charge on any atom is -0.366 e. The average Bonchev–Trinajstić information content (AvgIpc) is 3.09. The Morgan fingerprint density at radius 2 is 1.77 bits per heavy atom. The normalized spacial score (nSPS) is 10.0. The van der Waals surface area contributed by atoms with Crippen molar-refractivity contribution in [2.45, 2.75) is 0 Å². The first-order valence-corrected chi connectivity index (χ1v) is 7.83. The first-order chi connectivity index (χ1) is 12.6. The number of rotatable bonds is 4. The summed E-state index contributed by atoms with van der Waals surface area (Å²) >= 11 is 0. The molecule has 0 aliphatic carbocycles. The number of fused-ring (bicyclic) bond motifs is 1. The van der Waals surface area contributed by atoms with E-state index in [1.807, 2.05) is 12.1 Å². The maximum absolute atomic E-state index is 12.3. The van der Waals surface area contributed by atoms with Crippen LogP contribution in [0, 0.1) is 11.8 Å². The second-order valence-corrected chi connectivity index (χ2v) is 5.50. The quantitative estimate of drug-likeness (QED) is 0.380. The Bertz CT molecular complexity index is 1050. The Morgan fingerprint density at radius 3 is 2.50 bits per heavy atom. The lowest BCUT2D eigenvalue weighted by Gasteiger charge is -1.99. The zero-order valence-corrected chi connectivity index (χ0v) is 13.7. The van der Waals surface area contributed by atoms with E-state index in [0.717, 1.165) is 5.52 Å². The van der Waals surface area contributed by atoms with Gasteiger partial charge in [-0.3, -0.25) is 14.4 Å². The molecule has 1 aromatic heterocycles. The molecule has 3 rings (SSSR count). The van der Waals surface area contributed by atoms with Crippen molar-refractivity contribution in [3.8, 4) is 11.8 Å². The summed E-state index contributed by atoms with van der Waals surface area (Å²) in [5.74, 6) is 3.76. The van der Waals surface area contributed by atoms with Gasteiger partial charge in [-0.1, -0.05) is 30.0 Å². The molecule has 0 saturated carbocycles. The van der Waals surface area contributed by atoms with Crippen molar-refractivity contribution in [2.24, 2.45) is 5.73 Å². The van der Waals surface area contributed by atoms with Crippen molar-refractivity contribution in [1.82, 2.24) is 10.3 Å². The second kappa shape index (κ2) is 7.36. The highest BCUT2D eigenvalue weighted by atomic mass is 16.2. The maximum Gasteiger partial charge on any atom is 0.293 e. The monoisotopic (exact) mass is 345 g/mol. The third-order valence-electron chi connectivity index (χ3n) is 3.78. The average molecular weight is 345 g/mol. The molecule has 2 amide bonds. The molecule has 0 fully saturated rings. The third kappa shape index (κ3) is 3.62. The van der Waals surface area contributed by atoms with Gasteiger partial charge in [0.15, 0.2) is 0 Å². The maximum atomic E-state index is 12.3. The van der Waals surface area contributed by atoms with E-state index in [1.54, 1.807) is 36.4 Å². The van der Waals surface area contributed by atoms with E-state index < -0.39 is 17.6 Å². The molecule has 128 valence electrons. The number of H-pyrrole nitrogens is 1. The van der Waals surface area contributed by atoms with Crippen molar-refractivity contribution in [2.75, 3.05) is 6.54 Å². The molecule has 0 spiro atoms. The smallest absolute Gasteiger partial charge is 0.293 e. The Morgan fingerprint density at radius 1 is 1.04 bits per heavy atom. The first kappa shape index (κ1) is 17.0. The van der Waals surface area contributed by atoms with Crippen LogP contribution < -0.4 is 11.1 Å². The van der Waals surface area contributed by atoms with E-state index in [4.69, 9.17) is 5.73 Å². The number of nitrogens with two attached hydrogens (primary N) is 1. The molecule has 0 aliphatic heterocycles. The SMILES string of the molecule is NC(=O)c1ccc(C#CCNC(=O)C(=O)c2c[nH]c3ccccc23)cc1. The van der Waals surface area contributed by atoms with E-state index in [2.05, 4.69) is 22.1 Å². The van der Waals surface area contributed by atoms with Crippen LogP contribution in [0.5, 0.6) is 0 Å². The van der Waals surface area contributed by atoms with E-state index in [0.29, 0.717) is 22.1 Å². The fourth-order valence-corrected chi connectivity index (χ4v) is 2.45. The van der Waals surface area contributed by atoms with E-state index >= 15 is 0 Å². The lowest BCUT2D eigenvalue weighted by molar-refractivity contribution is -0.116. The summed E-state index contributed by atoms with van der Waals surface area (Å²) in [6.07, 6.45) is 1.53. The van der Waals surface area contributed by atoms with Crippen molar-refractivity contribution >= 4 is 28.5 Å². The number of Topliss-reactive ketones (excluding diaryl/α,β-unsaturated/α-hetero) is 1. The number of amides is 2. The lowest BCUT2D eigenvalue weighted by Crippen LogP contribution is -2.31. The third-order valence-corrected chi connectivity index (χ3v) is 3.78. The zero-order chi connectivity index (χ0) is 18.5. The van der Waals surface area contributed by atoms with Gasteiger partial charge in [0, 0.05) is 28.2 Å². The highest BCUT2D eigenvalue weighted by Crippen LogP contribution is 2.17. The van der Waals surface area contributed by atoms with Gasteiger partial charge in [-0.25, -0.2) is 0 Å². The van der Waals surface area contributed by atoms with E-state index in [9.17, 15) is 14.4 Å². The Labute approximate surface area is 149 Å². The van der Waals surface area contributed by atoms with Crippen LogP contribution in [0.25, 0.3) is 10.9 Å². The number of ketones is 1. The minimum atomic E-state index is -0.715. The van der Waals surface area contributed by atoms with Crippen LogP contribution in [0.2, 0.25) is 0 Å². The van der Waals surface area contributed by atoms with Gasteiger partial charge < -0.3 is 16.0 Å². The van der Waals surface area contributed by atoms with Crippen LogP contribution >= 0.6 is 0 Å². The van der Waals surface area contributed by atoms with Gasteiger partial charge in [-0.05, 0) is 30.3 Å². The number of hydrogen-bond acceptors (Lipinski definition) is 3. The number of benzene rings is 2. The number of nitrogens with one attached hydrogen (secondary N) is 2. The summed E-state index contributed by atoms with van der Waals surface area (Å²) in [4.78, 5) is 38.2. The standard InChI is InChI=1S/C20H15N3O3/c21-19(25)14-9-7-13(8-10-14)4-3-11-22-20(26)18(24)16-12-23-17-6-2-1-5-15(16)17/h1-2,5-10,12,23H,11H2,(H2,21,25)(H,22,26). The van der Waals surface area contributed by atoms with Crippen LogP contribution in [-0.4, -0.2) is 29.1 Å². The molecular weight excluding hydrogens is 330 g/mol. The summed E-state index contributed by atoms with van der Waals surface area (Å²) in [7, 11) is 0. The molecule has 4 N–H and O–H groups in total. The Hall–Kier alpha value is -3.85. The van der Waals surface area contributed by atoms with Gasteiger partial charge in [0.25, 0.3) is 11.7 Å². The molecule has 6 heteroatoms. The van der Waals surface area contributed by atoms with Crippen LogP contribution in [0.3, 0.4) is 0 Å². The summed E-state index contributed by atoms with van der Waals surface area (Å²) in [6, 6.07) is 13.7. The molecular formula is C20H15N3O3. The van der Waals surface area contributed by atoms with Crippen molar-refractivity contribution in [3.05, 3.63) is 71.4 Å². The van der Waals surface area contributed by atoms with Crippen molar-refractivity contribution in [3.63, 3.8) is 0 Å².